The molecular weight excluding hydrogens is 194 g/mol. The van der Waals surface area contributed by atoms with Gasteiger partial charge in [0.2, 0.25) is 0 Å². The van der Waals surface area contributed by atoms with Crippen LogP contribution in [0, 0.1) is 11.9 Å². The third kappa shape index (κ3) is 3.01. The third-order valence-corrected chi connectivity index (χ3v) is 1.36. The van der Waals surface area contributed by atoms with Crippen LogP contribution in [0.15, 0.2) is 12.1 Å². The van der Waals surface area contributed by atoms with Gasteiger partial charge in [-0.2, -0.15) is 6.07 Å². The van der Waals surface area contributed by atoms with E-state index in [-0.39, 0.29) is 62.2 Å². The molecule has 0 fully saturated rings. The van der Waals surface area contributed by atoms with Crippen molar-refractivity contribution < 1.29 is 60.5 Å². The molecule has 0 saturated heterocycles. The summed E-state index contributed by atoms with van der Waals surface area (Å²) in [5.74, 6) is -0.515. The molecule has 0 aliphatic rings. The van der Waals surface area contributed by atoms with Crippen LogP contribution in [0.4, 0.5) is 4.39 Å². The Morgan fingerprint density at radius 1 is 1.64 bits per heavy atom. The molecule has 0 aliphatic heterocycles. The zero-order chi connectivity index (χ0) is 7.56. The van der Waals surface area contributed by atoms with Crippen LogP contribution in [-0.4, -0.2) is 7.11 Å². The molecule has 0 spiro atoms. The van der Waals surface area contributed by atoms with Gasteiger partial charge in [0.25, 0.3) is 0 Å². The van der Waals surface area contributed by atoms with E-state index in [0.29, 0.717) is 0 Å². The molecule has 4 heteroatoms. The summed E-state index contributed by atoms with van der Waals surface area (Å²) in [5, 5.41) is 0.263. The Balaban J connectivity index is 0.000001000. The standard InChI is InChI=1S/C7H5ClFO.K/c1-10-7-5(8)3-2-4-6(7)9;/h2-3H,1H3;/q-1;+1. The van der Waals surface area contributed by atoms with Crippen molar-refractivity contribution in [2.45, 2.75) is 0 Å². The Hall–Kier alpha value is 0.876. The maximum Gasteiger partial charge on any atom is 1.00 e. The van der Waals surface area contributed by atoms with Crippen LogP contribution >= 0.6 is 11.6 Å². The summed E-state index contributed by atoms with van der Waals surface area (Å²) in [7, 11) is 1.36. The van der Waals surface area contributed by atoms with Gasteiger partial charge >= 0.3 is 51.4 Å². The number of hydrogen-bond donors (Lipinski definition) is 0. The van der Waals surface area contributed by atoms with Crippen LogP contribution in [0.5, 0.6) is 5.75 Å². The molecule has 1 aromatic rings. The van der Waals surface area contributed by atoms with Crippen molar-refractivity contribution in [3.63, 3.8) is 0 Å². The van der Waals surface area contributed by atoms with Gasteiger partial charge in [0.1, 0.15) is 0 Å². The monoisotopic (exact) mass is 198 g/mol. The summed E-state index contributed by atoms with van der Waals surface area (Å²) < 4.78 is 17.2. The number of halogens is 2. The van der Waals surface area contributed by atoms with Crippen LogP contribution in [0.2, 0.25) is 5.02 Å². The van der Waals surface area contributed by atoms with Gasteiger partial charge in [-0.05, 0) is 5.02 Å². The third-order valence-electron chi connectivity index (χ3n) is 1.06. The van der Waals surface area contributed by atoms with Gasteiger partial charge in [0.15, 0.2) is 0 Å². The minimum absolute atomic E-state index is 0. The molecule has 1 aromatic carbocycles. The van der Waals surface area contributed by atoms with Crippen molar-refractivity contribution in [1.82, 2.24) is 0 Å². The molecule has 0 radical (unpaired) electrons. The molecule has 0 bridgehead atoms. The van der Waals surface area contributed by atoms with E-state index in [4.69, 9.17) is 11.6 Å². The second-order valence-electron chi connectivity index (χ2n) is 1.67. The van der Waals surface area contributed by atoms with E-state index in [1.807, 2.05) is 0 Å². The molecule has 54 valence electrons. The number of ether oxygens (including phenoxy) is 1. The fourth-order valence-corrected chi connectivity index (χ4v) is 0.844. The molecule has 0 saturated carbocycles. The molecule has 0 aliphatic carbocycles. The fraction of sp³-hybridized carbons (Fsp3) is 0.143. The molecule has 0 aromatic heterocycles. The van der Waals surface area contributed by atoms with Gasteiger partial charge in [-0.15, -0.1) is 23.7 Å². The average Bonchev–Trinajstić information content (AvgIpc) is 1.88. The molecule has 0 unspecified atom stereocenters. The van der Waals surface area contributed by atoms with Gasteiger partial charge in [-0.25, -0.2) is 4.39 Å². The molecule has 1 rings (SSSR count). The zero-order valence-corrected chi connectivity index (χ0v) is 10.2. The van der Waals surface area contributed by atoms with E-state index in [1.54, 1.807) is 0 Å². The number of hydrogen-bond acceptors (Lipinski definition) is 1. The van der Waals surface area contributed by atoms with Crippen LogP contribution in [-0.2, 0) is 0 Å². The van der Waals surface area contributed by atoms with Gasteiger partial charge in [-0.3, -0.25) is 0 Å². The van der Waals surface area contributed by atoms with Crippen molar-refractivity contribution in [1.29, 1.82) is 0 Å². The number of rotatable bonds is 1. The first-order chi connectivity index (χ1) is 4.75. The Labute approximate surface area is 112 Å². The van der Waals surface area contributed by atoms with E-state index in [1.165, 1.54) is 19.2 Å². The van der Waals surface area contributed by atoms with Crippen molar-refractivity contribution in [3.05, 3.63) is 29.0 Å². The quantitative estimate of drug-likeness (QED) is 0.428. The van der Waals surface area contributed by atoms with Crippen molar-refractivity contribution in [3.8, 4) is 5.75 Å². The van der Waals surface area contributed by atoms with Gasteiger partial charge in [-0.1, -0.05) is 0 Å². The van der Waals surface area contributed by atoms with Gasteiger partial charge in [0.05, 0.1) is 18.7 Å². The zero-order valence-electron chi connectivity index (χ0n) is 6.32. The van der Waals surface area contributed by atoms with E-state index in [9.17, 15) is 4.39 Å². The second kappa shape index (κ2) is 5.51. The molecule has 1 nitrogen and oxygen atoms in total. The van der Waals surface area contributed by atoms with E-state index < -0.39 is 5.82 Å². The molecule has 0 N–H and O–H groups in total. The Kier molecular flexibility index (Phi) is 5.95. The minimum atomic E-state index is -0.560. The maximum absolute atomic E-state index is 12.6. The van der Waals surface area contributed by atoms with E-state index >= 15 is 0 Å². The van der Waals surface area contributed by atoms with E-state index in [2.05, 4.69) is 10.8 Å². The molecule has 0 atom stereocenters. The summed E-state index contributed by atoms with van der Waals surface area (Å²) in [4.78, 5) is 0. The summed E-state index contributed by atoms with van der Waals surface area (Å²) in [6.07, 6.45) is 0. The summed E-state index contributed by atoms with van der Waals surface area (Å²) >= 11 is 5.54. The maximum atomic E-state index is 12.6. The smallest absolute Gasteiger partial charge is 0.550 e. The van der Waals surface area contributed by atoms with Crippen molar-refractivity contribution in [2.24, 2.45) is 0 Å². The second-order valence-corrected chi connectivity index (χ2v) is 2.08. The van der Waals surface area contributed by atoms with Crippen LogP contribution in [0.3, 0.4) is 0 Å². The first kappa shape index (κ1) is 11.9. The summed E-state index contributed by atoms with van der Waals surface area (Å²) in [5.41, 5.74) is 0. The number of methoxy groups -OCH3 is 1. The normalized spacial score (nSPS) is 8.64. The number of benzene rings is 1. The van der Waals surface area contributed by atoms with Gasteiger partial charge < -0.3 is 4.74 Å². The van der Waals surface area contributed by atoms with Crippen LogP contribution < -0.4 is 56.1 Å². The first-order valence-electron chi connectivity index (χ1n) is 2.65. The largest absolute Gasteiger partial charge is 1.00 e. The molecule has 0 amide bonds. The molecular formula is C7H5ClFKO. The molecule has 11 heavy (non-hydrogen) atoms. The minimum Gasteiger partial charge on any atom is -0.550 e. The van der Waals surface area contributed by atoms with Crippen molar-refractivity contribution in [2.75, 3.05) is 7.11 Å². The Morgan fingerprint density at radius 3 is 2.64 bits per heavy atom. The topological polar surface area (TPSA) is 9.23 Å². The van der Waals surface area contributed by atoms with Crippen LogP contribution in [0.1, 0.15) is 0 Å². The molecule has 0 heterocycles. The van der Waals surface area contributed by atoms with Crippen LogP contribution in [0.25, 0.3) is 0 Å². The SMILES string of the molecule is COc1c(F)[c-]ccc1Cl.[K+]. The Morgan fingerprint density at radius 2 is 2.27 bits per heavy atom. The Bertz CT molecular complexity index is 222. The first-order valence-corrected chi connectivity index (χ1v) is 3.03. The summed E-state index contributed by atoms with van der Waals surface area (Å²) in [6, 6.07) is 5.24. The predicted octanol–water partition coefficient (Wildman–Crippen LogP) is -0.708. The van der Waals surface area contributed by atoms with Gasteiger partial charge in [0, 0.05) is 0 Å². The fourth-order valence-electron chi connectivity index (χ4n) is 0.621. The predicted molar refractivity (Wildman–Crippen MR) is 36.8 cm³/mol. The van der Waals surface area contributed by atoms with E-state index in [0.717, 1.165) is 0 Å². The van der Waals surface area contributed by atoms with Crippen molar-refractivity contribution >= 4 is 11.6 Å². The summed E-state index contributed by atoms with van der Waals surface area (Å²) in [6.45, 7) is 0. The average molecular weight is 199 g/mol.